The number of nitrogens with one attached hydrogen (secondary N) is 1. The monoisotopic (exact) mass is 1920 g/mol. The molecule has 13 N–H and O–H groups in total. The summed E-state index contributed by atoms with van der Waals surface area (Å²) in [4.78, 5) is 55.1. The van der Waals surface area contributed by atoms with Crippen molar-refractivity contribution in [2.45, 2.75) is 378 Å². The molecule has 0 aromatic rings. The molecule has 1 amide bonds. The number of unbranched alkanes of at least 4 members (excludes halogenated alkanes) is 13. The van der Waals surface area contributed by atoms with Gasteiger partial charge >= 0.3 is 6.09 Å². The molecule has 0 bridgehead atoms. The molecule has 0 heterocycles. The fraction of sp³-hybridized carbons (Fsp3) is 0.991. The summed E-state index contributed by atoms with van der Waals surface area (Å²) >= 11 is 0. The molecule has 0 aliphatic rings. The highest BCUT2D eigenvalue weighted by Gasteiger charge is 2.22. The number of hydrogen-bond donors (Lipinski definition) is 7. The third-order valence-electron chi connectivity index (χ3n) is 27.7. The van der Waals surface area contributed by atoms with Gasteiger partial charge in [0.1, 0.15) is 5.60 Å². The molecule has 0 unspecified atom stereocenters. The number of carbonyl (C=O) groups is 1. The van der Waals surface area contributed by atoms with E-state index in [4.69, 9.17) is 39.1 Å². The van der Waals surface area contributed by atoms with E-state index in [1.165, 1.54) is 343 Å². The van der Waals surface area contributed by atoms with Crippen molar-refractivity contribution in [1.29, 1.82) is 0 Å². The van der Waals surface area contributed by atoms with Gasteiger partial charge in [-0.25, -0.2) is 4.79 Å². The Hall–Kier alpha value is -1.57. The van der Waals surface area contributed by atoms with Crippen molar-refractivity contribution in [1.82, 2.24) is 78.8 Å². The Morgan fingerprint density at radius 1 is 0.170 bits per heavy atom. The van der Waals surface area contributed by atoms with Crippen LogP contribution >= 0.6 is 0 Å². The molecule has 0 spiro atoms. The minimum Gasteiger partial charge on any atom is -0.444 e. The molecule has 0 atom stereocenters. The van der Waals surface area contributed by atoms with Crippen molar-refractivity contribution in [3.63, 3.8) is 0 Å². The molecule has 0 aliphatic heterocycles. The van der Waals surface area contributed by atoms with Crippen LogP contribution in [0.2, 0.25) is 0 Å². The molecule has 0 rings (SSSR count). The second-order valence-corrected chi connectivity index (χ2v) is 41.8. The van der Waals surface area contributed by atoms with Crippen molar-refractivity contribution < 1.29 is 9.53 Å². The minimum atomic E-state index is -0.508. The summed E-state index contributed by atoms with van der Waals surface area (Å²) in [5.41, 5.74) is 36.4. The van der Waals surface area contributed by atoms with Crippen molar-refractivity contribution >= 4 is 6.09 Å². The summed E-state index contributed by atoms with van der Waals surface area (Å²) < 4.78 is 5.66. The molecule has 0 radical (unpaired) electrons. The van der Waals surface area contributed by atoms with Crippen LogP contribution in [0.1, 0.15) is 373 Å². The molecule has 0 aromatic carbocycles. The average Bonchev–Trinajstić information content (AvgIpc) is 0.936. The van der Waals surface area contributed by atoms with Crippen LogP contribution in [-0.2, 0) is 4.74 Å². The Kier molecular flexibility index (Phi) is 99.9. The number of carbonyl (C=O) groups excluding carboxylic acids is 1. The smallest absolute Gasteiger partial charge is 0.407 e. The van der Waals surface area contributed by atoms with Crippen LogP contribution in [0, 0.1) is 0 Å². The normalized spacial score (nSPS) is 12.6. The van der Waals surface area contributed by atoms with Crippen LogP contribution in [0.25, 0.3) is 0 Å². The van der Waals surface area contributed by atoms with Gasteiger partial charge in [-0.3, -0.25) is 0 Å². The van der Waals surface area contributed by atoms with Crippen molar-refractivity contribution in [2.24, 2.45) is 34.4 Å². The van der Waals surface area contributed by atoms with Gasteiger partial charge in [-0.15, -0.1) is 0 Å². The summed E-state index contributed by atoms with van der Waals surface area (Å²) in [6, 6.07) is 0. The zero-order chi connectivity index (χ0) is 99.0. The molecule has 0 saturated heterocycles. The van der Waals surface area contributed by atoms with Gasteiger partial charge in [-0.2, -0.15) is 0 Å². The molecule has 0 aromatic heterocycles. The Labute approximate surface area is 842 Å². The molecule has 810 valence electrons. The number of nitrogens with zero attached hydrogens (tertiary/aromatic N) is 15. The lowest BCUT2D eigenvalue weighted by molar-refractivity contribution is 0.0526. The van der Waals surface area contributed by atoms with E-state index in [0.29, 0.717) is 6.54 Å². The van der Waals surface area contributed by atoms with E-state index >= 15 is 0 Å². The first kappa shape index (κ1) is 133. The third kappa shape index (κ3) is 86.5. The Morgan fingerprint density at radius 2 is 0.281 bits per heavy atom. The lowest BCUT2D eigenvalue weighted by atomic mass is 10.1. The summed E-state index contributed by atoms with van der Waals surface area (Å²) in [5, 5.41) is 3.07. The predicted octanol–water partition coefficient (Wildman–Crippen LogP) is 17.2. The van der Waals surface area contributed by atoms with Crippen LogP contribution < -0.4 is 39.7 Å². The SMILES string of the molecule is CCCCN(CCCC)CCCN(CCCN(CCCC)CCCC)CCCN(CCCN(CCCCCCNC(=O)OC(C)(C)C)CCCN(CCCN(CCCN(CCCC)CCCC)CCCN(CCCC)CCCC)CCCN(CCCN(CCCN)CCCN)CCCN(CCCN)CCCN)CCCN(CCCN(CCCC)CCCN)CCCN(CCCC)CCCN. The number of rotatable bonds is 111. The maximum atomic E-state index is 12.8. The first-order valence-electron chi connectivity index (χ1n) is 59.0. The maximum absolute atomic E-state index is 12.8. The van der Waals surface area contributed by atoms with Crippen LogP contribution in [0.3, 0.4) is 0 Å². The number of ether oxygens (including phenoxy) is 1. The van der Waals surface area contributed by atoms with Gasteiger partial charge in [-0.1, -0.05) is 146 Å². The van der Waals surface area contributed by atoms with Crippen LogP contribution in [0.5, 0.6) is 0 Å². The summed E-state index contributed by atoms with van der Waals surface area (Å²) in [7, 11) is 0. The second kappa shape index (κ2) is 101. The van der Waals surface area contributed by atoms with Crippen molar-refractivity contribution in [3.8, 4) is 0 Å². The molecule has 0 aliphatic carbocycles. The lowest BCUT2D eigenvalue weighted by Gasteiger charge is -2.31. The van der Waals surface area contributed by atoms with Gasteiger partial charge in [0.05, 0.1) is 0 Å². The molecule has 0 saturated carbocycles. The molecule has 0 fully saturated rings. The summed E-state index contributed by atoms with van der Waals surface area (Å²) in [6.07, 6.45) is 52.9. The van der Waals surface area contributed by atoms with E-state index in [-0.39, 0.29) is 6.09 Å². The van der Waals surface area contributed by atoms with E-state index in [1.54, 1.807) is 0 Å². The Balaban J connectivity index is 8.19. The van der Waals surface area contributed by atoms with Crippen LogP contribution in [-0.4, -0.2) is 426 Å². The molecule has 24 heteroatoms. The van der Waals surface area contributed by atoms with Crippen LogP contribution in [0.4, 0.5) is 4.79 Å². The predicted molar refractivity (Wildman–Crippen MR) is 595 cm³/mol. The summed E-state index contributed by atoms with van der Waals surface area (Å²) in [6.45, 7) is 86.9. The van der Waals surface area contributed by atoms with E-state index in [9.17, 15) is 4.79 Å². The zero-order valence-electron chi connectivity index (χ0n) is 93.4. The molecule has 24 nitrogen and oxygen atoms in total. The highest BCUT2D eigenvalue weighted by atomic mass is 16.6. The van der Waals surface area contributed by atoms with Gasteiger partial charge in [0, 0.05) is 6.54 Å². The third-order valence-corrected chi connectivity index (χ3v) is 27.7. The fourth-order valence-electron chi connectivity index (χ4n) is 19.3. The number of alkyl carbamates (subject to hydrolysis) is 1. The molecular weight excluding hydrogens is 1670 g/mol. The van der Waals surface area contributed by atoms with Gasteiger partial charge in [0.15, 0.2) is 0 Å². The second-order valence-electron chi connectivity index (χ2n) is 41.8. The number of hydrogen-bond acceptors (Lipinski definition) is 23. The Bertz CT molecular complexity index is 1920. The van der Waals surface area contributed by atoms with E-state index in [1.807, 2.05) is 20.8 Å². The quantitative estimate of drug-likeness (QED) is 0.0280. The largest absolute Gasteiger partial charge is 0.444 e. The summed E-state index contributed by atoms with van der Waals surface area (Å²) in [5.74, 6) is 0. The van der Waals surface area contributed by atoms with Gasteiger partial charge in [0.2, 0.25) is 0 Å². The number of nitrogens with two attached hydrogens (primary N) is 6. The highest BCUT2D eigenvalue weighted by molar-refractivity contribution is 5.67. The van der Waals surface area contributed by atoms with E-state index in [2.05, 4.69) is 148 Å². The van der Waals surface area contributed by atoms with Crippen LogP contribution in [0.15, 0.2) is 0 Å². The first-order valence-corrected chi connectivity index (χ1v) is 59.0. The van der Waals surface area contributed by atoms with Gasteiger partial charge in [0.25, 0.3) is 0 Å². The topological polar surface area (TPSA) is 243 Å². The van der Waals surface area contributed by atoms with Gasteiger partial charge < -0.3 is 118 Å². The highest BCUT2D eigenvalue weighted by Crippen LogP contribution is 2.16. The lowest BCUT2D eigenvalue weighted by Crippen LogP contribution is -2.38. The van der Waals surface area contributed by atoms with Crippen molar-refractivity contribution in [2.75, 3.05) is 340 Å². The minimum absolute atomic E-state index is 0.306. The molecule has 135 heavy (non-hydrogen) atoms. The number of amides is 1. The average molecular weight is 1920 g/mol. The molecular formula is C111H244N22O2. The standard InChI is InChI=1S/C111H244N22O2/c1-14-24-65-119(66-25-15-2)82-44-92-128(93-45-83-120(67-26-16-3)68-27-17-4)102-54-105-131(107-56-104-130(96-48-86-123(73-32-22-9)76-38-58-112)97-49-87-124(74-33-23-10)77-39-59-113)98-50-88-125(75-37-35-34-36-64-118-110(134)135-111(11,12)13)89-51-99-132(106-55-103-129(94-46-84-121(69-28-18-5)70-29-19-6)95-47-85-122(71-30-20-7)72-31-21-8)108-57-109-133(100-52-90-126(78-40-60-114)79-41-61-115)101-53-91-127(80-42-62-116)81-43-63-117/h14-109,112-117H2,1-13H3,(H,118,134). The van der Waals surface area contributed by atoms with E-state index < -0.39 is 5.60 Å². The Morgan fingerprint density at radius 3 is 0.400 bits per heavy atom. The van der Waals surface area contributed by atoms with Crippen molar-refractivity contribution in [3.05, 3.63) is 0 Å². The first-order chi connectivity index (χ1) is 65.9. The van der Waals surface area contributed by atoms with E-state index in [0.717, 1.165) is 274 Å². The maximum Gasteiger partial charge on any atom is 0.407 e. The zero-order valence-corrected chi connectivity index (χ0v) is 93.4. The van der Waals surface area contributed by atoms with Gasteiger partial charge in [-0.05, 0) is 560 Å². The fourth-order valence-corrected chi connectivity index (χ4v) is 19.3.